The van der Waals surface area contributed by atoms with Crippen LogP contribution < -0.4 is 14.8 Å². The minimum atomic E-state index is 0.363. The van der Waals surface area contributed by atoms with Crippen molar-refractivity contribution in [2.24, 2.45) is 0 Å². The van der Waals surface area contributed by atoms with Crippen molar-refractivity contribution in [2.45, 2.75) is 32.1 Å². The van der Waals surface area contributed by atoms with E-state index in [1.807, 2.05) is 0 Å². The van der Waals surface area contributed by atoms with E-state index >= 15 is 0 Å². The highest BCUT2D eigenvalue weighted by Gasteiger charge is 2.27. The van der Waals surface area contributed by atoms with Crippen LogP contribution in [0.1, 0.15) is 43.2 Å². The molecule has 1 aromatic rings. The summed E-state index contributed by atoms with van der Waals surface area (Å²) in [4.78, 5) is 0. The van der Waals surface area contributed by atoms with Crippen LogP contribution >= 0.6 is 0 Å². The first-order valence-corrected chi connectivity index (χ1v) is 6.40. The predicted molar refractivity (Wildman–Crippen MR) is 66.9 cm³/mol. The molecule has 3 heteroatoms. The van der Waals surface area contributed by atoms with Crippen LogP contribution in [0.3, 0.4) is 0 Å². The molecule has 1 saturated heterocycles. The normalized spacial score (nSPS) is 22.4. The molecule has 2 aliphatic heterocycles. The van der Waals surface area contributed by atoms with Gasteiger partial charge >= 0.3 is 0 Å². The van der Waals surface area contributed by atoms with Gasteiger partial charge in [-0.3, -0.25) is 0 Å². The monoisotopic (exact) mass is 233 g/mol. The lowest BCUT2D eigenvalue weighted by Gasteiger charge is -2.19. The predicted octanol–water partition coefficient (Wildman–Crippen LogP) is 2.62. The summed E-state index contributed by atoms with van der Waals surface area (Å²) in [5.41, 5.74) is 2.78. The maximum absolute atomic E-state index is 5.65. The highest BCUT2D eigenvalue weighted by molar-refractivity contribution is 5.54. The van der Waals surface area contributed by atoms with Crippen molar-refractivity contribution in [3.8, 4) is 11.5 Å². The molecule has 0 aromatic heterocycles. The molecule has 2 aliphatic rings. The van der Waals surface area contributed by atoms with E-state index in [0.717, 1.165) is 24.6 Å². The molecule has 1 unspecified atom stereocenters. The first kappa shape index (κ1) is 10.9. The van der Waals surface area contributed by atoms with Gasteiger partial charge in [0.25, 0.3) is 0 Å². The first-order chi connectivity index (χ1) is 8.27. The van der Waals surface area contributed by atoms with Gasteiger partial charge in [-0.1, -0.05) is 19.9 Å². The van der Waals surface area contributed by atoms with Crippen molar-refractivity contribution in [1.82, 2.24) is 5.32 Å². The Balaban J connectivity index is 2.08. The van der Waals surface area contributed by atoms with Crippen LogP contribution in [0.15, 0.2) is 12.1 Å². The Labute approximate surface area is 102 Å². The molecular weight excluding hydrogens is 214 g/mol. The summed E-state index contributed by atoms with van der Waals surface area (Å²) < 4.78 is 11.1. The molecule has 0 bridgehead atoms. The van der Waals surface area contributed by atoms with E-state index < -0.39 is 0 Å². The lowest BCUT2D eigenvalue weighted by Crippen LogP contribution is -2.10. The van der Waals surface area contributed by atoms with Gasteiger partial charge in [0.15, 0.2) is 11.5 Å². The molecule has 17 heavy (non-hydrogen) atoms. The number of rotatable bonds is 2. The third-order valence-electron chi connectivity index (χ3n) is 3.69. The van der Waals surface area contributed by atoms with Gasteiger partial charge in [0.05, 0.1) is 0 Å². The summed E-state index contributed by atoms with van der Waals surface area (Å²) in [7, 11) is 0. The Morgan fingerprint density at radius 2 is 2.18 bits per heavy atom. The van der Waals surface area contributed by atoms with Crippen LogP contribution in [0.25, 0.3) is 0 Å². The fraction of sp³-hybridized carbons (Fsp3) is 0.571. The van der Waals surface area contributed by atoms with E-state index in [-0.39, 0.29) is 0 Å². The lowest BCUT2D eigenvalue weighted by atomic mass is 9.87. The van der Waals surface area contributed by atoms with Gasteiger partial charge in [0, 0.05) is 12.1 Å². The number of hydrogen-bond acceptors (Lipinski definition) is 3. The van der Waals surface area contributed by atoms with Gasteiger partial charge in [-0.25, -0.2) is 0 Å². The number of benzene rings is 1. The maximum Gasteiger partial charge on any atom is 0.231 e. The van der Waals surface area contributed by atoms with Crippen molar-refractivity contribution in [3.05, 3.63) is 23.3 Å². The number of fused-ring (bicyclic) bond motifs is 1. The van der Waals surface area contributed by atoms with Crippen molar-refractivity contribution >= 4 is 0 Å². The zero-order chi connectivity index (χ0) is 11.8. The maximum atomic E-state index is 5.65. The fourth-order valence-electron chi connectivity index (χ4n) is 2.88. The van der Waals surface area contributed by atoms with Crippen LogP contribution in [-0.2, 0) is 0 Å². The molecule has 1 fully saturated rings. The lowest BCUT2D eigenvalue weighted by molar-refractivity contribution is 0.173. The van der Waals surface area contributed by atoms with Gasteiger partial charge in [0.1, 0.15) is 0 Å². The van der Waals surface area contributed by atoms with E-state index in [1.165, 1.54) is 17.5 Å². The minimum Gasteiger partial charge on any atom is -0.454 e. The molecule has 3 rings (SSSR count). The van der Waals surface area contributed by atoms with Gasteiger partial charge in [0.2, 0.25) is 6.79 Å². The molecule has 0 saturated carbocycles. The highest BCUT2D eigenvalue weighted by Crippen LogP contribution is 2.44. The van der Waals surface area contributed by atoms with Gasteiger partial charge in [-0.15, -0.1) is 0 Å². The number of nitrogens with one attached hydrogen (secondary N) is 1. The summed E-state index contributed by atoms with van der Waals surface area (Å²) in [5.74, 6) is 2.98. The summed E-state index contributed by atoms with van der Waals surface area (Å²) in [5, 5.41) is 3.43. The summed E-state index contributed by atoms with van der Waals surface area (Å²) in [6.45, 7) is 7.02. The molecule has 1 N–H and O–H groups in total. The average molecular weight is 233 g/mol. The van der Waals surface area contributed by atoms with Crippen molar-refractivity contribution in [1.29, 1.82) is 0 Å². The fourth-order valence-corrected chi connectivity index (χ4v) is 2.88. The second-order valence-corrected chi connectivity index (χ2v) is 5.15. The molecule has 92 valence electrons. The number of hydrogen-bond donors (Lipinski definition) is 1. The van der Waals surface area contributed by atoms with Crippen molar-refractivity contribution in [2.75, 3.05) is 19.9 Å². The number of ether oxygens (including phenoxy) is 2. The molecule has 3 nitrogen and oxygen atoms in total. The third kappa shape index (κ3) is 1.78. The van der Waals surface area contributed by atoms with E-state index in [4.69, 9.17) is 9.47 Å². The summed E-state index contributed by atoms with van der Waals surface area (Å²) in [6.07, 6.45) is 1.22. The standard InChI is InChI=1S/C14H19NO2/c1-9(2)13-11(10-5-6-15-7-10)3-4-12-14(13)17-8-16-12/h3-4,9-10,15H,5-8H2,1-2H3. The Hall–Kier alpha value is -1.22. The average Bonchev–Trinajstić information content (AvgIpc) is 2.98. The smallest absolute Gasteiger partial charge is 0.231 e. The second-order valence-electron chi connectivity index (χ2n) is 5.15. The van der Waals surface area contributed by atoms with Crippen LogP contribution in [0.4, 0.5) is 0 Å². The molecule has 0 amide bonds. The van der Waals surface area contributed by atoms with Crippen LogP contribution in [0, 0.1) is 0 Å². The van der Waals surface area contributed by atoms with Gasteiger partial charge < -0.3 is 14.8 Å². The molecule has 1 aromatic carbocycles. The Kier molecular flexibility index (Phi) is 2.71. The molecule has 1 atom stereocenters. The third-order valence-corrected chi connectivity index (χ3v) is 3.69. The van der Waals surface area contributed by atoms with Gasteiger partial charge in [-0.05, 0) is 36.4 Å². The minimum absolute atomic E-state index is 0.363. The second kappa shape index (κ2) is 4.22. The Morgan fingerprint density at radius 1 is 1.29 bits per heavy atom. The van der Waals surface area contributed by atoms with E-state index in [0.29, 0.717) is 18.6 Å². The summed E-state index contributed by atoms with van der Waals surface area (Å²) >= 11 is 0. The SMILES string of the molecule is CC(C)c1c(C2CCNC2)ccc2c1OCO2. The Bertz CT molecular complexity index is 422. The van der Waals surface area contributed by atoms with Crippen LogP contribution in [-0.4, -0.2) is 19.9 Å². The summed E-state index contributed by atoms with van der Waals surface area (Å²) in [6, 6.07) is 4.28. The molecule has 0 radical (unpaired) electrons. The van der Waals surface area contributed by atoms with Crippen molar-refractivity contribution < 1.29 is 9.47 Å². The van der Waals surface area contributed by atoms with Crippen molar-refractivity contribution in [3.63, 3.8) is 0 Å². The first-order valence-electron chi connectivity index (χ1n) is 6.40. The largest absolute Gasteiger partial charge is 0.454 e. The Morgan fingerprint density at radius 3 is 2.88 bits per heavy atom. The highest BCUT2D eigenvalue weighted by atomic mass is 16.7. The molecule has 2 heterocycles. The quantitative estimate of drug-likeness (QED) is 0.851. The van der Waals surface area contributed by atoms with E-state index in [1.54, 1.807) is 0 Å². The molecular formula is C14H19NO2. The molecule has 0 spiro atoms. The van der Waals surface area contributed by atoms with Crippen LogP contribution in [0.5, 0.6) is 11.5 Å². The zero-order valence-electron chi connectivity index (χ0n) is 10.5. The zero-order valence-corrected chi connectivity index (χ0v) is 10.5. The van der Waals surface area contributed by atoms with E-state index in [9.17, 15) is 0 Å². The van der Waals surface area contributed by atoms with Crippen LogP contribution in [0.2, 0.25) is 0 Å². The van der Waals surface area contributed by atoms with E-state index in [2.05, 4.69) is 31.3 Å². The topological polar surface area (TPSA) is 30.5 Å². The molecule has 0 aliphatic carbocycles. The van der Waals surface area contributed by atoms with Gasteiger partial charge in [-0.2, -0.15) is 0 Å².